The molecule has 0 bridgehead atoms. The number of hydrogen-bond donors (Lipinski definition) is 2. The monoisotopic (exact) mass is 227 g/mol. The Hall–Kier alpha value is -1.06. The largest absolute Gasteiger partial charge is 0.481 e. The number of carbonyl (C=O) groups is 2. The van der Waals surface area contributed by atoms with Crippen LogP contribution in [0.4, 0.5) is 0 Å². The molecule has 92 valence electrons. The minimum Gasteiger partial charge on any atom is -0.481 e. The highest BCUT2D eigenvalue weighted by Crippen LogP contribution is 2.40. The lowest BCUT2D eigenvalue weighted by molar-refractivity contribution is -0.154. The van der Waals surface area contributed by atoms with Crippen molar-refractivity contribution in [2.45, 2.75) is 46.0 Å². The van der Waals surface area contributed by atoms with Gasteiger partial charge in [-0.25, -0.2) is 0 Å². The molecule has 1 unspecified atom stereocenters. The van der Waals surface area contributed by atoms with E-state index < -0.39 is 11.4 Å². The summed E-state index contributed by atoms with van der Waals surface area (Å²) in [7, 11) is 0. The Morgan fingerprint density at radius 3 is 2.44 bits per heavy atom. The minimum absolute atomic E-state index is 0.0177. The second-order valence-electron chi connectivity index (χ2n) is 4.85. The zero-order chi connectivity index (χ0) is 12.2. The fraction of sp³-hybridized carbons (Fsp3) is 0.833. The van der Waals surface area contributed by atoms with Gasteiger partial charge in [-0.15, -0.1) is 0 Å². The minimum atomic E-state index is -0.776. The van der Waals surface area contributed by atoms with Crippen molar-refractivity contribution in [3.63, 3.8) is 0 Å². The molecule has 0 spiro atoms. The molecule has 2 N–H and O–H groups in total. The Morgan fingerprint density at radius 2 is 2.06 bits per heavy atom. The topological polar surface area (TPSA) is 66.4 Å². The van der Waals surface area contributed by atoms with Crippen LogP contribution in [0.1, 0.15) is 46.0 Å². The van der Waals surface area contributed by atoms with Gasteiger partial charge in [0.15, 0.2) is 0 Å². The summed E-state index contributed by atoms with van der Waals surface area (Å²) in [6.07, 6.45) is 4.15. The van der Waals surface area contributed by atoms with E-state index in [1.54, 1.807) is 0 Å². The molecule has 0 aromatic carbocycles. The summed E-state index contributed by atoms with van der Waals surface area (Å²) in [4.78, 5) is 22.7. The molecule has 0 aromatic rings. The van der Waals surface area contributed by atoms with Crippen molar-refractivity contribution >= 4 is 11.9 Å². The summed E-state index contributed by atoms with van der Waals surface area (Å²) >= 11 is 0. The van der Waals surface area contributed by atoms with Gasteiger partial charge in [-0.3, -0.25) is 9.59 Å². The lowest BCUT2D eigenvalue weighted by atomic mass is 9.68. The number of hydrogen-bond acceptors (Lipinski definition) is 2. The van der Waals surface area contributed by atoms with Crippen molar-refractivity contribution in [2.24, 2.45) is 11.3 Å². The van der Waals surface area contributed by atoms with Crippen LogP contribution in [0.15, 0.2) is 0 Å². The standard InChI is InChI=1S/C12H21NO3/c1-3-5-9(2)10(14)13-8-12(11(15)16)6-4-7-12/h9H,3-8H2,1-2H3,(H,13,14)(H,15,16). The quantitative estimate of drug-likeness (QED) is 0.727. The Kier molecular flexibility index (Phi) is 4.33. The third-order valence-corrected chi connectivity index (χ3v) is 3.53. The van der Waals surface area contributed by atoms with Gasteiger partial charge in [-0.1, -0.05) is 26.7 Å². The summed E-state index contributed by atoms with van der Waals surface area (Å²) < 4.78 is 0. The molecule has 1 saturated carbocycles. The number of amides is 1. The molecule has 0 aromatic heterocycles. The van der Waals surface area contributed by atoms with Crippen LogP contribution in [0, 0.1) is 11.3 Å². The number of carboxylic acid groups (broad SMARTS) is 1. The van der Waals surface area contributed by atoms with Crippen LogP contribution < -0.4 is 5.32 Å². The van der Waals surface area contributed by atoms with Crippen molar-refractivity contribution in [1.29, 1.82) is 0 Å². The van der Waals surface area contributed by atoms with E-state index in [0.717, 1.165) is 19.3 Å². The van der Waals surface area contributed by atoms with Gasteiger partial charge in [0.25, 0.3) is 0 Å². The maximum absolute atomic E-state index is 11.6. The third-order valence-electron chi connectivity index (χ3n) is 3.53. The Balaban J connectivity index is 2.38. The van der Waals surface area contributed by atoms with Crippen LogP contribution >= 0.6 is 0 Å². The number of carbonyl (C=O) groups excluding carboxylic acids is 1. The van der Waals surface area contributed by atoms with Gasteiger partial charge in [0.2, 0.25) is 5.91 Å². The third kappa shape index (κ3) is 2.74. The normalized spacial score (nSPS) is 19.6. The average molecular weight is 227 g/mol. The molecular weight excluding hydrogens is 206 g/mol. The Morgan fingerprint density at radius 1 is 1.44 bits per heavy atom. The first-order chi connectivity index (χ1) is 7.52. The van der Waals surface area contributed by atoms with Crippen molar-refractivity contribution in [3.8, 4) is 0 Å². The highest BCUT2D eigenvalue weighted by molar-refractivity contribution is 5.80. The molecule has 1 aliphatic rings. The smallest absolute Gasteiger partial charge is 0.311 e. The van der Waals surface area contributed by atoms with Crippen LogP contribution in [-0.4, -0.2) is 23.5 Å². The molecular formula is C12H21NO3. The van der Waals surface area contributed by atoms with Crippen LogP contribution in [0.25, 0.3) is 0 Å². The first kappa shape index (κ1) is 13.0. The van der Waals surface area contributed by atoms with Crippen LogP contribution in [0.5, 0.6) is 0 Å². The maximum atomic E-state index is 11.6. The summed E-state index contributed by atoms with van der Waals surface area (Å²) in [5, 5.41) is 11.9. The van der Waals surface area contributed by atoms with Crippen LogP contribution in [0.2, 0.25) is 0 Å². The molecule has 4 nitrogen and oxygen atoms in total. The number of carboxylic acids is 1. The zero-order valence-electron chi connectivity index (χ0n) is 10.1. The van der Waals surface area contributed by atoms with E-state index in [1.165, 1.54) is 0 Å². The van der Waals surface area contributed by atoms with Crippen LogP contribution in [-0.2, 0) is 9.59 Å². The number of aliphatic carboxylic acids is 1. The van der Waals surface area contributed by atoms with E-state index in [0.29, 0.717) is 12.8 Å². The van der Waals surface area contributed by atoms with Gasteiger partial charge in [-0.05, 0) is 19.3 Å². The summed E-state index contributed by atoms with van der Waals surface area (Å²) in [5.41, 5.74) is -0.679. The van der Waals surface area contributed by atoms with Crippen molar-refractivity contribution in [2.75, 3.05) is 6.54 Å². The Bertz CT molecular complexity index is 271. The molecule has 1 fully saturated rings. The van der Waals surface area contributed by atoms with Gasteiger partial charge >= 0.3 is 5.97 Å². The summed E-state index contributed by atoms with van der Waals surface area (Å²) in [6, 6.07) is 0. The summed E-state index contributed by atoms with van der Waals surface area (Å²) in [5.74, 6) is -0.813. The van der Waals surface area contributed by atoms with E-state index in [2.05, 4.69) is 5.32 Å². The molecule has 0 heterocycles. The molecule has 16 heavy (non-hydrogen) atoms. The van der Waals surface area contributed by atoms with E-state index in [4.69, 9.17) is 5.11 Å². The molecule has 4 heteroatoms. The van der Waals surface area contributed by atoms with Gasteiger partial charge in [0.1, 0.15) is 0 Å². The SMILES string of the molecule is CCCC(C)C(=O)NCC1(C(=O)O)CCC1. The molecule has 0 aliphatic heterocycles. The first-order valence-electron chi connectivity index (χ1n) is 6.03. The highest BCUT2D eigenvalue weighted by atomic mass is 16.4. The molecule has 1 amide bonds. The molecule has 1 rings (SSSR count). The number of rotatable bonds is 6. The van der Waals surface area contributed by atoms with Gasteiger partial charge in [0.05, 0.1) is 5.41 Å². The molecule has 1 aliphatic carbocycles. The first-order valence-corrected chi connectivity index (χ1v) is 6.03. The predicted octanol–water partition coefficient (Wildman–Crippen LogP) is 1.79. The van der Waals surface area contributed by atoms with Crippen molar-refractivity contribution in [1.82, 2.24) is 5.32 Å². The fourth-order valence-electron chi connectivity index (χ4n) is 2.06. The van der Waals surface area contributed by atoms with Gasteiger partial charge < -0.3 is 10.4 Å². The lowest BCUT2D eigenvalue weighted by Crippen LogP contribution is -2.48. The van der Waals surface area contributed by atoms with Gasteiger partial charge in [-0.2, -0.15) is 0 Å². The van der Waals surface area contributed by atoms with Crippen molar-refractivity contribution in [3.05, 3.63) is 0 Å². The van der Waals surface area contributed by atoms with E-state index >= 15 is 0 Å². The second kappa shape index (κ2) is 5.32. The Labute approximate surface area is 96.4 Å². The lowest BCUT2D eigenvalue weighted by Gasteiger charge is -2.37. The van der Waals surface area contributed by atoms with Gasteiger partial charge in [0, 0.05) is 12.5 Å². The molecule has 0 saturated heterocycles. The predicted molar refractivity (Wildman–Crippen MR) is 61.0 cm³/mol. The van der Waals surface area contributed by atoms with E-state index in [9.17, 15) is 9.59 Å². The van der Waals surface area contributed by atoms with E-state index in [1.807, 2.05) is 13.8 Å². The van der Waals surface area contributed by atoms with Crippen LogP contribution in [0.3, 0.4) is 0 Å². The fourth-order valence-corrected chi connectivity index (χ4v) is 2.06. The van der Waals surface area contributed by atoms with E-state index in [-0.39, 0.29) is 18.4 Å². The highest BCUT2D eigenvalue weighted by Gasteiger charge is 2.44. The molecule has 1 atom stereocenters. The second-order valence-corrected chi connectivity index (χ2v) is 4.85. The average Bonchev–Trinajstić information content (AvgIpc) is 2.15. The maximum Gasteiger partial charge on any atom is 0.311 e. The summed E-state index contributed by atoms with van der Waals surface area (Å²) in [6.45, 7) is 4.21. The zero-order valence-corrected chi connectivity index (χ0v) is 10.1. The molecule has 0 radical (unpaired) electrons. The number of nitrogens with one attached hydrogen (secondary N) is 1. The van der Waals surface area contributed by atoms with Crippen molar-refractivity contribution < 1.29 is 14.7 Å².